The minimum absolute atomic E-state index is 0.517. The fourth-order valence-corrected chi connectivity index (χ4v) is 3.02. The van der Waals surface area contributed by atoms with E-state index in [1.807, 2.05) is 103 Å². The highest BCUT2D eigenvalue weighted by Gasteiger charge is 2.14. The highest BCUT2D eigenvalue weighted by Crippen LogP contribution is 2.36. The molecular formula is C24H17N7. The standard InChI is InChI=1S/C24H17N7/c1-4-10-18(11-5-1)25-27-21-16-17-22-24(23(21)28-26-19-12-6-2-7-13-19)30-31(29-22)20-14-8-3-9-15-20/h1-17H. The molecule has 0 radical (unpaired) electrons. The van der Waals surface area contributed by atoms with Crippen LogP contribution in [0.2, 0.25) is 0 Å². The summed E-state index contributed by atoms with van der Waals surface area (Å²) in [6.07, 6.45) is 0. The molecule has 0 spiro atoms. The van der Waals surface area contributed by atoms with Gasteiger partial charge in [0.1, 0.15) is 22.4 Å². The summed E-state index contributed by atoms with van der Waals surface area (Å²) in [7, 11) is 0. The van der Waals surface area contributed by atoms with Crippen LogP contribution in [0, 0.1) is 0 Å². The van der Waals surface area contributed by atoms with Gasteiger partial charge < -0.3 is 0 Å². The molecular weight excluding hydrogens is 386 g/mol. The minimum atomic E-state index is 0.517. The molecule has 5 rings (SSSR count). The Hall–Kier alpha value is -4.52. The molecule has 0 bridgehead atoms. The van der Waals surface area contributed by atoms with Crippen LogP contribution in [0.4, 0.5) is 22.7 Å². The van der Waals surface area contributed by atoms with Crippen LogP contribution in [-0.4, -0.2) is 15.0 Å². The average molecular weight is 403 g/mol. The third-order valence-corrected chi connectivity index (χ3v) is 4.54. The number of hydrogen-bond donors (Lipinski definition) is 0. The molecule has 0 aliphatic rings. The number of rotatable bonds is 5. The molecule has 4 aromatic carbocycles. The largest absolute Gasteiger partial charge is 0.150 e. The molecule has 0 fully saturated rings. The third kappa shape index (κ3) is 4.11. The molecule has 0 saturated carbocycles. The Labute approximate surface area is 178 Å². The van der Waals surface area contributed by atoms with Crippen molar-refractivity contribution < 1.29 is 0 Å². The molecule has 0 amide bonds. The van der Waals surface area contributed by atoms with Crippen LogP contribution < -0.4 is 0 Å². The molecule has 148 valence electrons. The maximum absolute atomic E-state index is 4.66. The van der Waals surface area contributed by atoms with E-state index in [0.29, 0.717) is 22.4 Å². The number of para-hydroxylation sites is 1. The molecule has 1 heterocycles. The van der Waals surface area contributed by atoms with Gasteiger partial charge in [0, 0.05) is 0 Å². The number of fused-ring (bicyclic) bond motifs is 1. The Balaban J connectivity index is 1.63. The Bertz CT molecular complexity index is 1360. The second kappa shape index (κ2) is 8.46. The monoisotopic (exact) mass is 403 g/mol. The number of nitrogens with zero attached hydrogens (tertiary/aromatic N) is 7. The summed E-state index contributed by atoms with van der Waals surface area (Å²) in [5.74, 6) is 0. The Kier molecular flexibility index (Phi) is 5.05. The van der Waals surface area contributed by atoms with E-state index in [1.54, 1.807) is 4.80 Å². The zero-order valence-corrected chi connectivity index (χ0v) is 16.4. The van der Waals surface area contributed by atoms with Gasteiger partial charge in [0.2, 0.25) is 0 Å². The molecule has 7 heteroatoms. The molecule has 0 unspecified atom stereocenters. The van der Waals surface area contributed by atoms with E-state index in [0.717, 1.165) is 17.1 Å². The van der Waals surface area contributed by atoms with Crippen LogP contribution in [0.5, 0.6) is 0 Å². The number of azo groups is 2. The van der Waals surface area contributed by atoms with E-state index in [4.69, 9.17) is 0 Å². The molecule has 0 N–H and O–H groups in total. The predicted molar refractivity (Wildman–Crippen MR) is 120 cm³/mol. The summed E-state index contributed by atoms with van der Waals surface area (Å²) in [6, 6.07) is 32.5. The summed E-state index contributed by atoms with van der Waals surface area (Å²) in [4.78, 5) is 1.59. The summed E-state index contributed by atoms with van der Waals surface area (Å²) in [5.41, 5.74) is 4.73. The lowest BCUT2D eigenvalue weighted by Crippen LogP contribution is -1.97. The van der Waals surface area contributed by atoms with Crippen molar-refractivity contribution in [1.82, 2.24) is 15.0 Å². The summed E-state index contributed by atoms with van der Waals surface area (Å²) in [5, 5.41) is 26.8. The quantitative estimate of drug-likeness (QED) is 0.290. The normalized spacial score (nSPS) is 11.6. The average Bonchev–Trinajstić information content (AvgIpc) is 3.28. The highest BCUT2D eigenvalue weighted by atomic mass is 15.5. The number of aromatic nitrogens is 3. The fraction of sp³-hybridized carbons (Fsp3) is 0. The minimum Gasteiger partial charge on any atom is -0.150 e. The Morgan fingerprint density at radius 1 is 0.516 bits per heavy atom. The van der Waals surface area contributed by atoms with Crippen LogP contribution in [0.25, 0.3) is 16.7 Å². The van der Waals surface area contributed by atoms with Gasteiger partial charge in [-0.25, -0.2) is 0 Å². The maximum atomic E-state index is 4.66. The fourth-order valence-electron chi connectivity index (χ4n) is 3.02. The number of hydrogen-bond acceptors (Lipinski definition) is 6. The Morgan fingerprint density at radius 3 is 1.74 bits per heavy atom. The molecule has 0 aliphatic heterocycles. The zero-order valence-electron chi connectivity index (χ0n) is 16.4. The first-order valence-electron chi connectivity index (χ1n) is 9.76. The van der Waals surface area contributed by atoms with Gasteiger partial charge in [-0.3, -0.25) is 0 Å². The van der Waals surface area contributed by atoms with E-state index in [-0.39, 0.29) is 0 Å². The smallest absolute Gasteiger partial charge is 0.143 e. The van der Waals surface area contributed by atoms with Crippen LogP contribution in [0.3, 0.4) is 0 Å². The van der Waals surface area contributed by atoms with Gasteiger partial charge in [-0.05, 0) is 48.5 Å². The molecule has 31 heavy (non-hydrogen) atoms. The Morgan fingerprint density at radius 2 is 1.10 bits per heavy atom. The van der Waals surface area contributed by atoms with Crippen molar-refractivity contribution in [2.45, 2.75) is 0 Å². The first-order chi connectivity index (χ1) is 15.4. The van der Waals surface area contributed by atoms with Gasteiger partial charge in [0.25, 0.3) is 0 Å². The topological polar surface area (TPSA) is 80.1 Å². The SMILES string of the molecule is c1ccc(N=Nc2ccc3nn(-c4ccccc4)nc3c2N=Nc2ccccc2)cc1. The highest BCUT2D eigenvalue weighted by molar-refractivity contribution is 5.92. The van der Waals surface area contributed by atoms with Crippen molar-refractivity contribution in [2.75, 3.05) is 0 Å². The molecule has 0 atom stereocenters. The molecule has 1 aromatic heterocycles. The van der Waals surface area contributed by atoms with Gasteiger partial charge in [0.15, 0.2) is 0 Å². The number of benzene rings is 4. The lowest BCUT2D eigenvalue weighted by Gasteiger charge is -1.99. The van der Waals surface area contributed by atoms with Crippen LogP contribution in [-0.2, 0) is 0 Å². The lowest BCUT2D eigenvalue weighted by atomic mass is 10.2. The van der Waals surface area contributed by atoms with Crippen molar-refractivity contribution >= 4 is 33.8 Å². The summed E-state index contributed by atoms with van der Waals surface area (Å²) < 4.78 is 0. The van der Waals surface area contributed by atoms with Gasteiger partial charge in [-0.1, -0.05) is 54.6 Å². The second-order valence-corrected chi connectivity index (χ2v) is 6.70. The van der Waals surface area contributed by atoms with Crippen molar-refractivity contribution in [3.63, 3.8) is 0 Å². The van der Waals surface area contributed by atoms with Gasteiger partial charge >= 0.3 is 0 Å². The lowest BCUT2D eigenvalue weighted by molar-refractivity contribution is 0.765. The first-order valence-corrected chi connectivity index (χ1v) is 9.76. The molecule has 0 aliphatic carbocycles. The van der Waals surface area contributed by atoms with Gasteiger partial charge in [-0.2, -0.15) is 15.0 Å². The van der Waals surface area contributed by atoms with Gasteiger partial charge in [0.05, 0.1) is 17.1 Å². The van der Waals surface area contributed by atoms with Crippen molar-refractivity contribution in [3.05, 3.63) is 103 Å². The van der Waals surface area contributed by atoms with Crippen molar-refractivity contribution in [3.8, 4) is 5.69 Å². The maximum Gasteiger partial charge on any atom is 0.143 e. The molecule has 0 saturated heterocycles. The molecule has 5 aromatic rings. The van der Waals surface area contributed by atoms with Crippen molar-refractivity contribution in [1.29, 1.82) is 0 Å². The molecule has 7 nitrogen and oxygen atoms in total. The van der Waals surface area contributed by atoms with E-state index in [2.05, 4.69) is 30.7 Å². The van der Waals surface area contributed by atoms with Crippen LogP contribution in [0.1, 0.15) is 0 Å². The third-order valence-electron chi connectivity index (χ3n) is 4.54. The van der Waals surface area contributed by atoms with Gasteiger partial charge in [-0.15, -0.1) is 20.4 Å². The van der Waals surface area contributed by atoms with E-state index in [1.165, 1.54) is 0 Å². The first kappa shape index (κ1) is 18.5. The summed E-state index contributed by atoms with van der Waals surface area (Å²) in [6.45, 7) is 0. The van der Waals surface area contributed by atoms with E-state index in [9.17, 15) is 0 Å². The van der Waals surface area contributed by atoms with E-state index >= 15 is 0 Å². The van der Waals surface area contributed by atoms with Crippen molar-refractivity contribution in [2.24, 2.45) is 20.5 Å². The zero-order chi connectivity index (χ0) is 20.9. The second-order valence-electron chi connectivity index (χ2n) is 6.70. The summed E-state index contributed by atoms with van der Waals surface area (Å²) >= 11 is 0. The van der Waals surface area contributed by atoms with Crippen LogP contribution in [0.15, 0.2) is 124 Å². The van der Waals surface area contributed by atoms with Crippen LogP contribution >= 0.6 is 0 Å². The van der Waals surface area contributed by atoms with E-state index < -0.39 is 0 Å². The predicted octanol–water partition coefficient (Wildman–Crippen LogP) is 7.25.